The molecule has 10 nitrogen and oxygen atoms in total. The number of imidazole rings is 1. The molecule has 0 aliphatic rings. The standard InChI is InChI=1S/C19H22N6O4S/c1-11(2)7-20-17(26)10-29-16-5-12(27-3)8-24-15(16)6-13(22-24)14-9-25-18(21-14)30-19(23-25)28-4/h5-6,8-9,11H,7,10H2,1-4H3,(H,20,26). The molecule has 0 atom stereocenters. The average molecular weight is 430 g/mol. The van der Waals surface area contributed by atoms with E-state index in [9.17, 15) is 4.79 Å². The fraction of sp³-hybridized carbons (Fsp3) is 0.368. The molecule has 4 heterocycles. The van der Waals surface area contributed by atoms with Gasteiger partial charge in [-0.2, -0.15) is 5.10 Å². The second-order valence-corrected chi connectivity index (χ2v) is 7.93. The van der Waals surface area contributed by atoms with E-state index < -0.39 is 0 Å². The number of hydrogen-bond donors (Lipinski definition) is 1. The fourth-order valence-electron chi connectivity index (χ4n) is 2.79. The van der Waals surface area contributed by atoms with Gasteiger partial charge in [0.05, 0.1) is 26.6 Å². The minimum Gasteiger partial charge on any atom is -0.495 e. The number of carbonyl (C=O) groups excluding carboxylic acids is 1. The molecular formula is C19H22N6O4S. The van der Waals surface area contributed by atoms with Crippen molar-refractivity contribution in [2.45, 2.75) is 13.8 Å². The predicted molar refractivity (Wildman–Crippen MR) is 111 cm³/mol. The highest BCUT2D eigenvalue weighted by atomic mass is 32.1. The molecule has 30 heavy (non-hydrogen) atoms. The largest absolute Gasteiger partial charge is 0.495 e. The second kappa shape index (κ2) is 8.19. The smallest absolute Gasteiger partial charge is 0.294 e. The summed E-state index contributed by atoms with van der Waals surface area (Å²) < 4.78 is 19.6. The Balaban J connectivity index is 1.62. The van der Waals surface area contributed by atoms with Crippen LogP contribution in [0.5, 0.6) is 16.7 Å². The summed E-state index contributed by atoms with van der Waals surface area (Å²) in [5.74, 6) is 1.24. The van der Waals surface area contributed by atoms with Crippen molar-refractivity contribution >= 4 is 27.7 Å². The number of fused-ring (bicyclic) bond motifs is 2. The van der Waals surface area contributed by atoms with Crippen LogP contribution in [0.3, 0.4) is 0 Å². The van der Waals surface area contributed by atoms with Gasteiger partial charge < -0.3 is 19.5 Å². The lowest BCUT2D eigenvalue weighted by Crippen LogP contribution is -2.31. The summed E-state index contributed by atoms with van der Waals surface area (Å²) in [5, 5.41) is 12.2. The van der Waals surface area contributed by atoms with Crippen LogP contribution in [0.15, 0.2) is 24.5 Å². The van der Waals surface area contributed by atoms with E-state index in [1.807, 2.05) is 19.9 Å². The van der Waals surface area contributed by atoms with Gasteiger partial charge in [0.1, 0.15) is 28.4 Å². The predicted octanol–water partition coefficient (Wildman–Crippen LogP) is 2.27. The van der Waals surface area contributed by atoms with Crippen molar-refractivity contribution in [3.8, 4) is 28.1 Å². The number of rotatable bonds is 8. The van der Waals surface area contributed by atoms with Gasteiger partial charge in [0, 0.05) is 12.6 Å². The maximum Gasteiger partial charge on any atom is 0.294 e. The van der Waals surface area contributed by atoms with Crippen LogP contribution in [0.1, 0.15) is 13.8 Å². The van der Waals surface area contributed by atoms with Gasteiger partial charge in [0.2, 0.25) is 4.96 Å². The van der Waals surface area contributed by atoms with Crippen molar-refractivity contribution in [3.63, 3.8) is 0 Å². The number of amides is 1. The van der Waals surface area contributed by atoms with Gasteiger partial charge in [-0.3, -0.25) is 4.79 Å². The number of nitrogens with zero attached hydrogens (tertiary/aromatic N) is 5. The second-order valence-electron chi connectivity index (χ2n) is 7.02. The van der Waals surface area contributed by atoms with Crippen LogP contribution in [-0.2, 0) is 4.79 Å². The topological polar surface area (TPSA) is 104 Å². The summed E-state index contributed by atoms with van der Waals surface area (Å²) in [6, 6.07) is 3.58. The molecule has 0 bridgehead atoms. The van der Waals surface area contributed by atoms with E-state index in [1.165, 1.54) is 11.3 Å². The average Bonchev–Trinajstić information content (AvgIpc) is 3.42. The Bertz CT molecular complexity index is 1160. The van der Waals surface area contributed by atoms with Crippen LogP contribution in [0.4, 0.5) is 0 Å². The molecule has 4 rings (SSSR count). The molecule has 0 aliphatic heterocycles. The number of hydrogen-bond acceptors (Lipinski definition) is 8. The third-order valence-electron chi connectivity index (χ3n) is 4.27. The zero-order chi connectivity index (χ0) is 21.3. The first kappa shape index (κ1) is 20.0. The van der Waals surface area contributed by atoms with E-state index in [0.29, 0.717) is 51.0 Å². The van der Waals surface area contributed by atoms with Crippen molar-refractivity contribution < 1.29 is 19.0 Å². The molecule has 0 fully saturated rings. The normalized spacial score (nSPS) is 11.4. The Labute approximate surface area is 176 Å². The van der Waals surface area contributed by atoms with Gasteiger partial charge >= 0.3 is 0 Å². The number of aromatic nitrogens is 5. The molecule has 0 saturated carbocycles. The molecule has 0 unspecified atom stereocenters. The molecule has 11 heteroatoms. The first-order valence-corrected chi connectivity index (χ1v) is 10.2. The van der Waals surface area contributed by atoms with E-state index in [4.69, 9.17) is 14.2 Å². The Hall–Kier alpha value is -3.34. The quantitative estimate of drug-likeness (QED) is 0.457. The summed E-state index contributed by atoms with van der Waals surface area (Å²) in [6.07, 6.45) is 3.53. The van der Waals surface area contributed by atoms with Gasteiger partial charge in [0.25, 0.3) is 11.1 Å². The van der Waals surface area contributed by atoms with E-state index >= 15 is 0 Å². The third kappa shape index (κ3) is 4.01. The number of ether oxygens (including phenoxy) is 3. The fourth-order valence-corrected chi connectivity index (χ4v) is 3.49. The zero-order valence-corrected chi connectivity index (χ0v) is 17.9. The van der Waals surface area contributed by atoms with Crippen LogP contribution < -0.4 is 19.5 Å². The van der Waals surface area contributed by atoms with Crippen LogP contribution in [0.2, 0.25) is 0 Å². The maximum atomic E-state index is 12.0. The molecule has 0 aliphatic carbocycles. The van der Waals surface area contributed by atoms with Gasteiger partial charge in [-0.25, -0.2) is 14.0 Å². The van der Waals surface area contributed by atoms with E-state index in [1.54, 1.807) is 41.7 Å². The van der Waals surface area contributed by atoms with E-state index in [0.717, 1.165) is 0 Å². The van der Waals surface area contributed by atoms with Crippen molar-refractivity contribution in [3.05, 3.63) is 24.5 Å². The first-order valence-electron chi connectivity index (χ1n) is 9.34. The minimum atomic E-state index is -0.182. The van der Waals surface area contributed by atoms with Crippen molar-refractivity contribution in [1.29, 1.82) is 0 Å². The summed E-state index contributed by atoms with van der Waals surface area (Å²) in [7, 11) is 3.13. The van der Waals surface area contributed by atoms with E-state index in [2.05, 4.69) is 20.5 Å². The lowest BCUT2D eigenvalue weighted by molar-refractivity contribution is -0.123. The molecule has 0 spiro atoms. The molecular weight excluding hydrogens is 408 g/mol. The van der Waals surface area contributed by atoms with Gasteiger partial charge in [-0.05, 0) is 23.3 Å². The molecule has 1 N–H and O–H groups in total. The molecule has 4 aromatic heterocycles. The number of methoxy groups -OCH3 is 2. The third-order valence-corrected chi connectivity index (χ3v) is 5.16. The van der Waals surface area contributed by atoms with Crippen molar-refractivity contribution in [1.82, 2.24) is 29.5 Å². The van der Waals surface area contributed by atoms with Crippen LogP contribution in [0.25, 0.3) is 21.9 Å². The number of nitrogens with one attached hydrogen (secondary N) is 1. The van der Waals surface area contributed by atoms with Crippen molar-refractivity contribution in [2.24, 2.45) is 5.92 Å². The van der Waals surface area contributed by atoms with Crippen LogP contribution in [-0.4, -0.2) is 57.5 Å². The summed E-state index contributed by atoms with van der Waals surface area (Å²) in [4.78, 5) is 17.3. The molecule has 0 aromatic carbocycles. The highest BCUT2D eigenvalue weighted by molar-refractivity contribution is 7.18. The summed E-state index contributed by atoms with van der Waals surface area (Å²) in [6.45, 7) is 4.57. The van der Waals surface area contributed by atoms with Gasteiger partial charge in [-0.1, -0.05) is 13.8 Å². The lowest BCUT2D eigenvalue weighted by atomic mass is 10.2. The monoisotopic (exact) mass is 430 g/mol. The zero-order valence-electron chi connectivity index (χ0n) is 17.1. The SMILES string of the molecule is COc1cc(OCC(=O)NCC(C)C)c2cc(-c3cn4nc(OC)sc4n3)nn2c1. The number of pyridine rings is 1. The van der Waals surface area contributed by atoms with E-state index in [-0.39, 0.29) is 12.5 Å². The Kier molecular flexibility index (Phi) is 5.44. The van der Waals surface area contributed by atoms with Crippen LogP contribution in [0, 0.1) is 5.92 Å². The lowest BCUT2D eigenvalue weighted by Gasteiger charge is -2.11. The Morgan fingerprint density at radius 2 is 1.97 bits per heavy atom. The molecule has 1 amide bonds. The summed E-state index contributed by atoms with van der Waals surface area (Å²) >= 11 is 1.34. The Morgan fingerprint density at radius 3 is 2.67 bits per heavy atom. The van der Waals surface area contributed by atoms with Gasteiger partial charge in [-0.15, -0.1) is 5.10 Å². The molecule has 158 valence electrons. The first-order chi connectivity index (χ1) is 14.5. The minimum absolute atomic E-state index is 0.0972. The highest BCUT2D eigenvalue weighted by Gasteiger charge is 2.16. The highest BCUT2D eigenvalue weighted by Crippen LogP contribution is 2.30. The molecule has 4 aromatic rings. The number of carbonyl (C=O) groups is 1. The molecule has 0 saturated heterocycles. The Morgan fingerprint density at radius 1 is 1.13 bits per heavy atom. The van der Waals surface area contributed by atoms with Crippen LogP contribution >= 0.6 is 11.3 Å². The van der Waals surface area contributed by atoms with Crippen molar-refractivity contribution in [2.75, 3.05) is 27.4 Å². The summed E-state index contributed by atoms with van der Waals surface area (Å²) in [5.41, 5.74) is 2.01. The molecule has 0 radical (unpaired) electrons. The van der Waals surface area contributed by atoms with Gasteiger partial charge in [0.15, 0.2) is 6.61 Å². The maximum absolute atomic E-state index is 12.0.